The molecule has 0 heterocycles. The van der Waals surface area contributed by atoms with E-state index in [0.717, 1.165) is 21.8 Å². The number of amides is 2. The topological polar surface area (TPSA) is 81.4 Å². The second-order valence-electron chi connectivity index (χ2n) is 5.31. The molecule has 0 atom stereocenters. The molecule has 126 valence electrons. The number of nitrogens with one attached hydrogen (secondary N) is 1. The van der Waals surface area contributed by atoms with Crippen LogP contribution in [0.25, 0.3) is 0 Å². The van der Waals surface area contributed by atoms with Gasteiger partial charge >= 0.3 is 0 Å². The Balaban J connectivity index is 1.99. The number of aryl methyl sites for hydroxylation is 2. The second-order valence-corrected chi connectivity index (χ2v) is 6.33. The summed E-state index contributed by atoms with van der Waals surface area (Å²) in [6.07, 6.45) is 0. The van der Waals surface area contributed by atoms with Crippen molar-refractivity contribution in [1.82, 2.24) is 0 Å². The highest BCUT2D eigenvalue weighted by molar-refractivity contribution is 8.00. The van der Waals surface area contributed by atoms with Gasteiger partial charge in [-0.3, -0.25) is 9.59 Å². The molecule has 5 nitrogen and oxygen atoms in total. The molecule has 3 N–H and O–H groups in total. The lowest BCUT2D eigenvalue weighted by Crippen LogP contribution is -2.21. The number of thioether (sulfide) groups is 1. The Hall–Kier alpha value is -2.47. The van der Waals surface area contributed by atoms with E-state index in [-0.39, 0.29) is 18.3 Å². The molecule has 6 heteroatoms. The van der Waals surface area contributed by atoms with Crippen LogP contribution >= 0.6 is 11.8 Å². The third-order valence-corrected chi connectivity index (χ3v) is 4.38. The fraction of sp³-hybridized carbons (Fsp3) is 0.222. The molecular formula is C18H20N2O3S. The number of benzene rings is 2. The summed E-state index contributed by atoms with van der Waals surface area (Å²) < 4.78 is 5.65. The average molecular weight is 344 g/mol. The van der Waals surface area contributed by atoms with E-state index in [1.54, 1.807) is 6.07 Å². The van der Waals surface area contributed by atoms with Crippen LogP contribution in [-0.4, -0.2) is 24.2 Å². The monoisotopic (exact) mass is 344 g/mol. The smallest absolute Gasteiger partial charge is 0.262 e. The number of ether oxygens (including phenoxy) is 1. The Morgan fingerprint density at radius 3 is 2.42 bits per heavy atom. The van der Waals surface area contributed by atoms with Gasteiger partial charge in [-0.05, 0) is 37.1 Å². The van der Waals surface area contributed by atoms with Gasteiger partial charge in [0, 0.05) is 4.90 Å². The standard InChI is InChI=1S/C18H20N2O3S/c1-12-6-5-7-13(2)18(12)23-10-17(22)20-14-8-3-4-9-15(14)24-11-16(19)21/h3-9H,10-11H2,1-2H3,(H2,19,21)(H,20,22). The number of primary amides is 1. The lowest BCUT2D eigenvalue weighted by molar-refractivity contribution is -0.118. The summed E-state index contributed by atoms with van der Waals surface area (Å²) >= 11 is 1.29. The van der Waals surface area contributed by atoms with Gasteiger partial charge in [0.2, 0.25) is 5.91 Å². The van der Waals surface area contributed by atoms with Crippen molar-refractivity contribution < 1.29 is 14.3 Å². The highest BCUT2D eigenvalue weighted by Crippen LogP contribution is 2.27. The number of carbonyl (C=O) groups excluding carboxylic acids is 2. The molecule has 0 fully saturated rings. The first-order valence-electron chi connectivity index (χ1n) is 7.46. The van der Waals surface area contributed by atoms with Crippen molar-refractivity contribution in [2.24, 2.45) is 5.73 Å². The van der Waals surface area contributed by atoms with Crippen molar-refractivity contribution in [1.29, 1.82) is 0 Å². The van der Waals surface area contributed by atoms with E-state index in [2.05, 4.69) is 5.32 Å². The molecule has 0 unspecified atom stereocenters. The molecule has 0 saturated carbocycles. The van der Waals surface area contributed by atoms with Gasteiger partial charge in [0.1, 0.15) is 5.75 Å². The summed E-state index contributed by atoms with van der Waals surface area (Å²) in [4.78, 5) is 23.9. The third kappa shape index (κ3) is 5.03. The minimum absolute atomic E-state index is 0.0828. The van der Waals surface area contributed by atoms with Gasteiger partial charge < -0.3 is 15.8 Å². The van der Waals surface area contributed by atoms with Gasteiger partial charge in [0.15, 0.2) is 6.61 Å². The zero-order valence-corrected chi connectivity index (χ0v) is 14.5. The third-order valence-electron chi connectivity index (χ3n) is 3.29. The highest BCUT2D eigenvalue weighted by atomic mass is 32.2. The summed E-state index contributed by atoms with van der Waals surface area (Å²) in [6, 6.07) is 13.1. The largest absolute Gasteiger partial charge is 0.483 e. The van der Waals surface area contributed by atoms with E-state index >= 15 is 0 Å². The number of hydrogen-bond donors (Lipinski definition) is 2. The normalized spacial score (nSPS) is 10.2. The van der Waals surface area contributed by atoms with E-state index in [1.807, 2.05) is 50.2 Å². The first-order valence-corrected chi connectivity index (χ1v) is 8.45. The van der Waals surface area contributed by atoms with Gasteiger partial charge in [-0.25, -0.2) is 0 Å². The molecule has 2 rings (SSSR count). The summed E-state index contributed by atoms with van der Waals surface area (Å²) in [5.41, 5.74) is 7.78. The Bertz CT molecular complexity index is 727. The summed E-state index contributed by atoms with van der Waals surface area (Å²) in [6.45, 7) is 3.80. The Morgan fingerprint density at radius 2 is 1.75 bits per heavy atom. The van der Waals surface area contributed by atoms with Crippen molar-refractivity contribution in [3.8, 4) is 5.75 Å². The van der Waals surface area contributed by atoms with Crippen LogP contribution in [0.3, 0.4) is 0 Å². The molecule has 0 aliphatic carbocycles. The highest BCUT2D eigenvalue weighted by Gasteiger charge is 2.10. The van der Waals surface area contributed by atoms with Crippen molar-refractivity contribution in [2.45, 2.75) is 18.7 Å². The van der Waals surface area contributed by atoms with Gasteiger partial charge in [0.05, 0.1) is 11.4 Å². The lowest BCUT2D eigenvalue weighted by atomic mass is 10.1. The van der Waals surface area contributed by atoms with Crippen LogP contribution in [0.4, 0.5) is 5.69 Å². The molecule has 0 radical (unpaired) electrons. The van der Waals surface area contributed by atoms with Crippen molar-refractivity contribution in [3.63, 3.8) is 0 Å². The number of para-hydroxylation sites is 2. The number of anilines is 1. The fourth-order valence-corrected chi connectivity index (χ4v) is 2.94. The molecule has 0 aliphatic rings. The van der Waals surface area contributed by atoms with Crippen molar-refractivity contribution >= 4 is 29.3 Å². The molecule has 0 spiro atoms. The zero-order valence-electron chi connectivity index (χ0n) is 13.7. The summed E-state index contributed by atoms with van der Waals surface area (Å²) in [5, 5.41) is 2.81. The van der Waals surface area contributed by atoms with E-state index in [9.17, 15) is 9.59 Å². The molecule has 0 aliphatic heterocycles. The van der Waals surface area contributed by atoms with E-state index in [1.165, 1.54) is 11.8 Å². The average Bonchev–Trinajstić information content (AvgIpc) is 2.53. The zero-order chi connectivity index (χ0) is 17.5. The van der Waals surface area contributed by atoms with Crippen LogP contribution in [0, 0.1) is 13.8 Å². The number of carbonyl (C=O) groups is 2. The number of nitrogens with two attached hydrogens (primary N) is 1. The van der Waals surface area contributed by atoms with Crippen LogP contribution < -0.4 is 15.8 Å². The fourth-order valence-electron chi connectivity index (χ4n) is 2.20. The summed E-state index contributed by atoms with van der Waals surface area (Å²) in [7, 11) is 0. The Kier molecular flexibility index (Phi) is 6.26. The molecular weight excluding hydrogens is 324 g/mol. The minimum Gasteiger partial charge on any atom is -0.483 e. The predicted molar refractivity (Wildman–Crippen MR) is 96.4 cm³/mol. The van der Waals surface area contributed by atoms with E-state index < -0.39 is 5.91 Å². The first-order chi connectivity index (χ1) is 11.5. The second kappa shape index (κ2) is 8.40. The van der Waals surface area contributed by atoms with Crippen LogP contribution in [0.15, 0.2) is 47.4 Å². The van der Waals surface area contributed by atoms with Crippen LogP contribution in [0.5, 0.6) is 5.75 Å². The Morgan fingerprint density at radius 1 is 1.08 bits per heavy atom. The van der Waals surface area contributed by atoms with E-state index in [0.29, 0.717) is 5.69 Å². The summed E-state index contributed by atoms with van der Waals surface area (Å²) in [5.74, 6) is 0.222. The van der Waals surface area contributed by atoms with Gasteiger partial charge in [0.25, 0.3) is 5.91 Å². The predicted octanol–water partition coefficient (Wildman–Crippen LogP) is 2.90. The van der Waals surface area contributed by atoms with Crippen molar-refractivity contribution in [3.05, 3.63) is 53.6 Å². The maximum atomic E-state index is 12.2. The minimum atomic E-state index is -0.403. The number of hydrogen-bond acceptors (Lipinski definition) is 4. The maximum absolute atomic E-state index is 12.2. The molecule has 2 aromatic carbocycles. The first kappa shape index (κ1) is 17.9. The molecule has 0 bridgehead atoms. The van der Waals surface area contributed by atoms with Gasteiger partial charge in [-0.15, -0.1) is 11.8 Å². The molecule has 24 heavy (non-hydrogen) atoms. The quantitative estimate of drug-likeness (QED) is 0.757. The number of rotatable bonds is 7. The molecule has 0 aromatic heterocycles. The van der Waals surface area contributed by atoms with Crippen molar-refractivity contribution in [2.75, 3.05) is 17.7 Å². The van der Waals surface area contributed by atoms with Crippen LogP contribution in [0.2, 0.25) is 0 Å². The van der Waals surface area contributed by atoms with Crippen LogP contribution in [-0.2, 0) is 9.59 Å². The Labute approximate surface area is 145 Å². The van der Waals surface area contributed by atoms with E-state index in [4.69, 9.17) is 10.5 Å². The molecule has 0 saturated heterocycles. The molecule has 2 aromatic rings. The van der Waals surface area contributed by atoms with Gasteiger partial charge in [-0.1, -0.05) is 30.3 Å². The van der Waals surface area contributed by atoms with Gasteiger partial charge in [-0.2, -0.15) is 0 Å². The molecule has 2 amide bonds. The lowest BCUT2D eigenvalue weighted by Gasteiger charge is -2.13. The van der Waals surface area contributed by atoms with Crippen LogP contribution in [0.1, 0.15) is 11.1 Å². The SMILES string of the molecule is Cc1cccc(C)c1OCC(=O)Nc1ccccc1SCC(N)=O. The maximum Gasteiger partial charge on any atom is 0.262 e.